The molecule has 0 saturated heterocycles. The van der Waals surface area contributed by atoms with Crippen molar-refractivity contribution in [2.24, 2.45) is 0 Å². The predicted octanol–water partition coefficient (Wildman–Crippen LogP) is 3.37. The van der Waals surface area contributed by atoms with Gasteiger partial charge in [-0.05, 0) is 55.7 Å². The number of aromatic nitrogens is 2. The van der Waals surface area contributed by atoms with E-state index in [9.17, 15) is 9.59 Å². The van der Waals surface area contributed by atoms with Gasteiger partial charge in [0.15, 0.2) is 0 Å². The lowest BCUT2D eigenvalue weighted by molar-refractivity contribution is 0.0956. The number of carbonyl (C=O) groups is 2. The molecular weight excluding hydrogens is 418 g/mol. The number of pyridine rings is 2. The highest BCUT2D eigenvalue weighted by atomic mass is 16.2. The fraction of sp³-hybridized carbons (Fsp3) is 0.250. The molecule has 4 rings (SSSR count). The van der Waals surface area contributed by atoms with Gasteiger partial charge in [-0.3, -0.25) is 4.79 Å². The standard InChI is InChI=1S/C24H27N7O2/c1-2-26-23(32)19-10-11-20(31-22(19)29-17-8-9-17)16-4-6-18(7-5-16)30-24(33)28-14-15-3-12-21(25)27-13-15/h3-7,10-13,17H,2,8-9,14H2,1H3,(H2,25,27)(H,26,32)(H,29,31)(H2,28,30,33). The van der Waals surface area contributed by atoms with Crippen molar-refractivity contribution >= 4 is 29.3 Å². The van der Waals surface area contributed by atoms with E-state index in [1.807, 2.05) is 43.3 Å². The van der Waals surface area contributed by atoms with Crippen LogP contribution in [0.25, 0.3) is 11.3 Å². The van der Waals surface area contributed by atoms with Gasteiger partial charge in [0.05, 0.1) is 11.3 Å². The number of hydrogen-bond acceptors (Lipinski definition) is 6. The Kier molecular flexibility index (Phi) is 6.68. The zero-order valence-corrected chi connectivity index (χ0v) is 18.4. The smallest absolute Gasteiger partial charge is 0.319 e. The Labute approximate surface area is 192 Å². The van der Waals surface area contributed by atoms with E-state index in [0.29, 0.717) is 42.0 Å². The van der Waals surface area contributed by atoms with E-state index in [1.54, 1.807) is 18.3 Å². The Hall–Kier alpha value is -4.14. The van der Waals surface area contributed by atoms with Crippen LogP contribution in [0.2, 0.25) is 0 Å². The molecule has 3 aromatic rings. The molecule has 0 radical (unpaired) electrons. The Bertz CT molecular complexity index is 1130. The SMILES string of the molecule is CCNC(=O)c1ccc(-c2ccc(NC(=O)NCc3ccc(N)nc3)cc2)nc1NC1CC1. The number of amides is 3. The highest BCUT2D eigenvalue weighted by Crippen LogP contribution is 2.28. The Morgan fingerprint density at radius 3 is 2.48 bits per heavy atom. The lowest BCUT2D eigenvalue weighted by Gasteiger charge is -2.13. The molecule has 33 heavy (non-hydrogen) atoms. The summed E-state index contributed by atoms with van der Waals surface area (Å²) >= 11 is 0. The number of nitrogens with zero attached hydrogens (tertiary/aromatic N) is 2. The second kappa shape index (κ2) is 9.99. The number of urea groups is 1. The summed E-state index contributed by atoms with van der Waals surface area (Å²) in [7, 11) is 0. The second-order valence-corrected chi connectivity index (χ2v) is 7.85. The second-order valence-electron chi connectivity index (χ2n) is 7.85. The molecule has 9 nitrogen and oxygen atoms in total. The van der Waals surface area contributed by atoms with E-state index in [4.69, 9.17) is 10.7 Å². The Balaban J connectivity index is 1.41. The quantitative estimate of drug-likeness (QED) is 0.361. The van der Waals surface area contributed by atoms with Crippen LogP contribution in [-0.4, -0.2) is 34.5 Å². The van der Waals surface area contributed by atoms with Crippen molar-refractivity contribution in [2.45, 2.75) is 32.4 Å². The van der Waals surface area contributed by atoms with Crippen LogP contribution in [0.15, 0.2) is 54.7 Å². The number of rotatable bonds is 8. The molecule has 6 N–H and O–H groups in total. The van der Waals surface area contributed by atoms with Gasteiger partial charge in [0, 0.05) is 36.6 Å². The number of anilines is 3. The van der Waals surface area contributed by atoms with Gasteiger partial charge in [0.2, 0.25) is 0 Å². The van der Waals surface area contributed by atoms with Crippen LogP contribution in [0.5, 0.6) is 0 Å². The normalized spacial score (nSPS) is 12.6. The van der Waals surface area contributed by atoms with Crippen molar-refractivity contribution in [1.82, 2.24) is 20.6 Å². The molecule has 0 aliphatic heterocycles. The van der Waals surface area contributed by atoms with Crippen molar-refractivity contribution in [3.63, 3.8) is 0 Å². The summed E-state index contributed by atoms with van der Waals surface area (Å²) < 4.78 is 0. The summed E-state index contributed by atoms with van der Waals surface area (Å²) in [5.74, 6) is 0.895. The molecule has 2 heterocycles. The fourth-order valence-electron chi connectivity index (χ4n) is 3.21. The van der Waals surface area contributed by atoms with E-state index in [1.165, 1.54) is 0 Å². The van der Waals surface area contributed by atoms with E-state index >= 15 is 0 Å². The molecule has 2 aromatic heterocycles. The van der Waals surface area contributed by atoms with E-state index in [0.717, 1.165) is 29.7 Å². The molecule has 0 unspecified atom stereocenters. The zero-order valence-electron chi connectivity index (χ0n) is 18.4. The largest absolute Gasteiger partial charge is 0.384 e. The van der Waals surface area contributed by atoms with Crippen molar-refractivity contribution in [3.05, 3.63) is 65.9 Å². The van der Waals surface area contributed by atoms with Crippen LogP contribution >= 0.6 is 0 Å². The van der Waals surface area contributed by atoms with Crippen molar-refractivity contribution < 1.29 is 9.59 Å². The minimum Gasteiger partial charge on any atom is -0.384 e. The molecule has 0 bridgehead atoms. The van der Waals surface area contributed by atoms with Gasteiger partial charge in [0.1, 0.15) is 11.6 Å². The third-order valence-corrected chi connectivity index (χ3v) is 5.13. The summed E-state index contributed by atoms with van der Waals surface area (Å²) in [5.41, 5.74) is 9.25. The van der Waals surface area contributed by atoms with Gasteiger partial charge in [-0.15, -0.1) is 0 Å². The monoisotopic (exact) mass is 445 g/mol. The van der Waals surface area contributed by atoms with Crippen LogP contribution < -0.4 is 27.0 Å². The molecule has 170 valence electrons. The van der Waals surface area contributed by atoms with E-state index in [2.05, 4.69) is 26.3 Å². The Morgan fingerprint density at radius 1 is 1.03 bits per heavy atom. The summed E-state index contributed by atoms with van der Waals surface area (Å²) in [6, 6.07) is 14.6. The van der Waals surface area contributed by atoms with Gasteiger partial charge >= 0.3 is 6.03 Å². The first-order valence-electron chi connectivity index (χ1n) is 10.9. The number of nitrogen functional groups attached to an aromatic ring is 1. The van der Waals surface area contributed by atoms with E-state index < -0.39 is 0 Å². The van der Waals surface area contributed by atoms with Crippen molar-refractivity contribution in [1.29, 1.82) is 0 Å². The third kappa shape index (κ3) is 5.97. The number of nitrogens with one attached hydrogen (secondary N) is 4. The number of nitrogens with two attached hydrogens (primary N) is 1. The molecule has 1 aliphatic rings. The first-order valence-corrected chi connectivity index (χ1v) is 10.9. The maximum Gasteiger partial charge on any atom is 0.319 e. The van der Waals surface area contributed by atoms with Gasteiger partial charge in [0.25, 0.3) is 5.91 Å². The zero-order chi connectivity index (χ0) is 23.2. The van der Waals surface area contributed by atoms with Gasteiger partial charge < -0.3 is 27.0 Å². The minimum atomic E-state index is -0.320. The fourth-order valence-corrected chi connectivity index (χ4v) is 3.21. The van der Waals surface area contributed by atoms with E-state index in [-0.39, 0.29) is 11.9 Å². The predicted molar refractivity (Wildman–Crippen MR) is 129 cm³/mol. The summed E-state index contributed by atoms with van der Waals surface area (Å²) in [6.07, 6.45) is 3.79. The molecule has 9 heteroatoms. The summed E-state index contributed by atoms with van der Waals surface area (Å²) in [4.78, 5) is 33.3. The number of hydrogen-bond donors (Lipinski definition) is 5. The lowest BCUT2D eigenvalue weighted by Crippen LogP contribution is -2.28. The maximum atomic E-state index is 12.4. The molecule has 1 saturated carbocycles. The Morgan fingerprint density at radius 2 is 1.82 bits per heavy atom. The van der Waals surface area contributed by atoms with Crippen molar-refractivity contribution in [2.75, 3.05) is 22.9 Å². The molecule has 1 fully saturated rings. The lowest BCUT2D eigenvalue weighted by atomic mass is 10.1. The topological polar surface area (TPSA) is 134 Å². The van der Waals surface area contributed by atoms with Crippen LogP contribution in [0.4, 0.5) is 22.1 Å². The van der Waals surface area contributed by atoms with Gasteiger partial charge in [-0.1, -0.05) is 18.2 Å². The third-order valence-electron chi connectivity index (χ3n) is 5.13. The van der Waals surface area contributed by atoms with Crippen molar-refractivity contribution in [3.8, 4) is 11.3 Å². The van der Waals surface area contributed by atoms with Crippen LogP contribution in [0.3, 0.4) is 0 Å². The molecule has 3 amide bonds. The van der Waals surface area contributed by atoms with Gasteiger partial charge in [-0.25, -0.2) is 14.8 Å². The van der Waals surface area contributed by atoms with Crippen LogP contribution in [-0.2, 0) is 6.54 Å². The molecule has 1 aromatic carbocycles. The number of benzene rings is 1. The first kappa shape index (κ1) is 22.1. The van der Waals surface area contributed by atoms with Gasteiger partial charge in [-0.2, -0.15) is 0 Å². The highest BCUT2D eigenvalue weighted by molar-refractivity contribution is 5.99. The highest BCUT2D eigenvalue weighted by Gasteiger charge is 2.24. The molecule has 0 atom stereocenters. The summed E-state index contributed by atoms with van der Waals surface area (Å²) in [6.45, 7) is 2.79. The van der Waals surface area contributed by atoms with Crippen LogP contribution in [0.1, 0.15) is 35.7 Å². The maximum absolute atomic E-state index is 12.4. The molecular formula is C24H27N7O2. The average Bonchev–Trinajstić information content (AvgIpc) is 3.63. The molecule has 0 spiro atoms. The summed E-state index contributed by atoms with van der Waals surface area (Å²) in [5, 5.41) is 11.8. The molecule has 1 aliphatic carbocycles. The first-order chi connectivity index (χ1) is 16.0. The van der Waals surface area contributed by atoms with Crippen LogP contribution in [0, 0.1) is 0 Å². The average molecular weight is 446 g/mol. The minimum absolute atomic E-state index is 0.139. The number of carbonyl (C=O) groups excluding carboxylic acids is 2.